The highest BCUT2D eigenvalue weighted by atomic mass is 16.5. The Balaban J connectivity index is 1.30. The van der Waals surface area contributed by atoms with Crippen molar-refractivity contribution in [2.75, 3.05) is 49.2 Å². The van der Waals surface area contributed by atoms with Crippen molar-refractivity contribution in [3.8, 4) is 5.75 Å². The van der Waals surface area contributed by atoms with Crippen molar-refractivity contribution in [3.05, 3.63) is 124 Å². The molecule has 0 unspecified atom stereocenters. The third-order valence-electron chi connectivity index (χ3n) is 8.40. The van der Waals surface area contributed by atoms with Gasteiger partial charge in [0.05, 0.1) is 29.9 Å². The monoisotopic (exact) mass is 664 g/mol. The van der Waals surface area contributed by atoms with Crippen molar-refractivity contribution < 1.29 is 33.8 Å². The summed E-state index contributed by atoms with van der Waals surface area (Å²) in [6.07, 6.45) is 0.817. The summed E-state index contributed by atoms with van der Waals surface area (Å²) in [7, 11) is 0. The Morgan fingerprint density at radius 2 is 0.959 bits per heavy atom. The van der Waals surface area contributed by atoms with Gasteiger partial charge in [-0.05, 0) is 89.1 Å². The number of hydrogen-bond donors (Lipinski definition) is 1. The SMILES string of the molecule is CCN(CC)c1ccc(C(=O)c2ccccc2C(=O)OCCCCOC(=O)c2ccccc2C(=O)c2ccc(N(CC)CC)cc2O)cc1. The molecule has 0 radical (unpaired) electrons. The summed E-state index contributed by atoms with van der Waals surface area (Å²) < 4.78 is 10.9. The number of phenols is 1. The van der Waals surface area contributed by atoms with Crippen molar-refractivity contribution in [3.63, 3.8) is 0 Å². The Bertz CT molecular complexity index is 1760. The lowest BCUT2D eigenvalue weighted by atomic mass is 9.97. The maximum Gasteiger partial charge on any atom is 0.338 e. The van der Waals surface area contributed by atoms with Crippen LogP contribution in [-0.4, -0.2) is 68.0 Å². The summed E-state index contributed by atoms with van der Waals surface area (Å²) in [5, 5.41) is 10.6. The first-order valence-corrected chi connectivity index (χ1v) is 16.8. The molecule has 0 aromatic heterocycles. The fourth-order valence-electron chi connectivity index (χ4n) is 5.62. The van der Waals surface area contributed by atoms with Crippen LogP contribution in [0.1, 0.15) is 93.1 Å². The van der Waals surface area contributed by atoms with Crippen molar-refractivity contribution >= 4 is 34.9 Å². The average Bonchev–Trinajstić information content (AvgIpc) is 3.13. The van der Waals surface area contributed by atoms with Gasteiger partial charge < -0.3 is 24.4 Å². The van der Waals surface area contributed by atoms with Gasteiger partial charge in [0.25, 0.3) is 0 Å². The van der Waals surface area contributed by atoms with Gasteiger partial charge in [0, 0.05) is 60.3 Å². The van der Waals surface area contributed by atoms with E-state index in [0.29, 0.717) is 18.4 Å². The Hall–Kier alpha value is -5.44. The quantitative estimate of drug-likeness (QED) is 0.0704. The van der Waals surface area contributed by atoms with Crippen LogP contribution < -0.4 is 9.80 Å². The molecular formula is C40H44N2O7. The minimum Gasteiger partial charge on any atom is -0.507 e. The molecule has 4 aromatic carbocycles. The highest BCUT2D eigenvalue weighted by molar-refractivity contribution is 6.16. The van der Waals surface area contributed by atoms with Gasteiger partial charge in [0.1, 0.15) is 5.75 Å². The van der Waals surface area contributed by atoms with Crippen molar-refractivity contribution in [1.29, 1.82) is 0 Å². The lowest BCUT2D eigenvalue weighted by molar-refractivity contribution is 0.0431. The van der Waals surface area contributed by atoms with Crippen LogP contribution >= 0.6 is 0 Å². The number of anilines is 2. The number of nitrogens with zero attached hydrogens (tertiary/aromatic N) is 2. The van der Waals surface area contributed by atoms with E-state index in [1.165, 1.54) is 12.1 Å². The number of unbranched alkanes of at least 4 members (excludes halogenated alkanes) is 1. The molecule has 0 saturated heterocycles. The van der Waals surface area contributed by atoms with Gasteiger partial charge in [-0.25, -0.2) is 9.59 Å². The normalized spacial score (nSPS) is 10.7. The van der Waals surface area contributed by atoms with E-state index in [1.807, 2.05) is 30.9 Å². The van der Waals surface area contributed by atoms with E-state index in [0.717, 1.165) is 37.6 Å². The third kappa shape index (κ3) is 8.93. The lowest BCUT2D eigenvalue weighted by Crippen LogP contribution is -2.21. The van der Waals surface area contributed by atoms with Gasteiger partial charge in [-0.3, -0.25) is 9.59 Å². The number of esters is 2. The lowest BCUT2D eigenvalue weighted by Gasteiger charge is -2.21. The molecule has 0 fully saturated rings. The largest absolute Gasteiger partial charge is 0.507 e. The molecule has 0 heterocycles. The summed E-state index contributed by atoms with van der Waals surface area (Å²) >= 11 is 0. The maximum absolute atomic E-state index is 13.4. The minimum absolute atomic E-state index is 0.0429. The van der Waals surface area contributed by atoms with Gasteiger partial charge >= 0.3 is 11.9 Å². The zero-order chi connectivity index (χ0) is 35.3. The number of benzene rings is 4. The Morgan fingerprint density at radius 1 is 0.531 bits per heavy atom. The van der Waals surface area contributed by atoms with E-state index in [1.54, 1.807) is 66.7 Å². The second kappa shape index (κ2) is 17.6. The van der Waals surface area contributed by atoms with Gasteiger partial charge in [-0.1, -0.05) is 36.4 Å². The fourth-order valence-corrected chi connectivity index (χ4v) is 5.62. The smallest absolute Gasteiger partial charge is 0.338 e. The molecule has 0 bridgehead atoms. The van der Waals surface area contributed by atoms with Crippen molar-refractivity contribution in [2.45, 2.75) is 40.5 Å². The number of hydrogen-bond acceptors (Lipinski definition) is 9. The summed E-state index contributed by atoms with van der Waals surface area (Å²) in [5.74, 6) is -2.20. The van der Waals surface area contributed by atoms with Crippen LogP contribution in [0.15, 0.2) is 91.0 Å². The predicted octanol–water partition coefficient (Wildman–Crippen LogP) is 7.34. The number of ether oxygens (including phenoxy) is 2. The first-order valence-electron chi connectivity index (χ1n) is 16.8. The van der Waals surface area contributed by atoms with Crippen LogP contribution in [0, 0.1) is 0 Å². The van der Waals surface area contributed by atoms with Crippen molar-refractivity contribution in [2.24, 2.45) is 0 Å². The van der Waals surface area contributed by atoms with Crippen LogP contribution in [0.3, 0.4) is 0 Å². The van der Waals surface area contributed by atoms with Gasteiger partial charge in [0.2, 0.25) is 0 Å². The molecule has 0 aliphatic rings. The molecule has 0 aliphatic heterocycles. The molecule has 0 amide bonds. The second-order valence-corrected chi connectivity index (χ2v) is 11.3. The first-order chi connectivity index (χ1) is 23.7. The van der Waals surface area contributed by atoms with Crippen LogP contribution in [0.5, 0.6) is 5.75 Å². The molecule has 0 spiro atoms. The Morgan fingerprint density at radius 3 is 1.43 bits per heavy atom. The number of phenolic OH excluding ortho intramolecular Hbond substituents is 1. The number of carbonyl (C=O) groups is 4. The van der Waals surface area contributed by atoms with E-state index < -0.39 is 17.7 Å². The molecule has 9 heteroatoms. The summed E-state index contributed by atoms with van der Waals surface area (Å²) in [5.41, 5.74) is 3.05. The van der Waals surface area contributed by atoms with Gasteiger partial charge in [0.15, 0.2) is 11.6 Å². The number of aromatic hydroxyl groups is 1. The van der Waals surface area contributed by atoms with E-state index in [4.69, 9.17) is 9.47 Å². The highest BCUT2D eigenvalue weighted by Gasteiger charge is 2.23. The molecule has 0 saturated carbocycles. The van der Waals surface area contributed by atoms with Crippen LogP contribution in [0.4, 0.5) is 11.4 Å². The van der Waals surface area contributed by atoms with E-state index in [2.05, 4.69) is 18.7 Å². The minimum atomic E-state index is -0.669. The molecule has 4 rings (SSSR count). The second-order valence-electron chi connectivity index (χ2n) is 11.3. The fraction of sp³-hybridized carbons (Fsp3) is 0.300. The summed E-state index contributed by atoms with van der Waals surface area (Å²) in [6, 6.07) is 25.1. The zero-order valence-corrected chi connectivity index (χ0v) is 28.6. The number of ketones is 2. The number of rotatable bonds is 17. The Kier molecular flexibility index (Phi) is 13.1. The zero-order valence-electron chi connectivity index (χ0n) is 28.6. The third-order valence-corrected chi connectivity index (χ3v) is 8.40. The van der Waals surface area contributed by atoms with E-state index in [9.17, 15) is 24.3 Å². The van der Waals surface area contributed by atoms with E-state index >= 15 is 0 Å². The first kappa shape index (κ1) is 36.4. The van der Waals surface area contributed by atoms with E-state index in [-0.39, 0.29) is 52.6 Å². The maximum atomic E-state index is 13.4. The molecule has 0 aliphatic carbocycles. The topological polar surface area (TPSA) is 113 Å². The Labute approximate surface area is 288 Å². The molecule has 9 nitrogen and oxygen atoms in total. The molecule has 0 atom stereocenters. The van der Waals surface area contributed by atoms with Crippen LogP contribution in [-0.2, 0) is 9.47 Å². The average molecular weight is 665 g/mol. The summed E-state index contributed by atoms with van der Waals surface area (Å²) in [6.45, 7) is 11.5. The standard InChI is InChI=1S/C40H44N2O7/c1-5-41(6-2)29-21-19-28(20-22-29)37(44)31-15-9-11-17-33(31)39(46)48-25-13-14-26-49-40(47)34-18-12-10-16-32(34)38(45)35-24-23-30(27-36(35)43)42(7-3)8-4/h9-12,15-24,27,43H,5-8,13-14,25-26H2,1-4H3. The summed E-state index contributed by atoms with van der Waals surface area (Å²) in [4.78, 5) is 56.8. The van der Waals surface area contributed by atoms with Crippen molar-refractivity contribution in [1.82, 2.24) is 0 Å². The molecule has 49 heavy (non-hydrogen) atoms. The molecule has 1 N–H and O–H groups in total. The van der Waals surface area contributed by atoms with Gasteiger partial charge in [-0.2, -0.15) is 0 Å². The highest BCUT2D eigenvalue weighted by Crippen LogP contribution is 2.28. The molecule has 4 aromatic rings. The molecular weight excluding hydrogens is 620 g/mol. The van der Waals surface area contributed by atoms with Crippen LogP contribution in [0.2, 0.25) is 0 Å². The number of carbonyl (C=O) groups excluding carboxylic acids is 4. The predicted molar refractivity (Wildman–Crippen MR) is 191 cm³/mol. The molecule has 256 valence electrons. The van der Waals surface area contributed by atoms with Crippen LogP contribution in [0.25, 0.3) is 0 Å². The van der Waals surface area contributed by atoms with Gasteiger partial charge in [-0.15, -0.1) is 0 Å².